The number of hydrogen-bond acceptors (Lipinski definition) is 2. The average Bonchev–Trinajstić information content (AvgIpc) is 2.39. The van der Waals surface area contributed by atoms with Crippen LogP contribution in [-0.4, -0.2) is 12.6 Å². The standard InChI is InChI=1S/2C8H19N/c1-3-5-6-7-8(9)4-2;1-2-3-4-5-6-7-8-9/h8H,3-7,9H2,1-2H3;2-9H2,1H3. The second-order valence-corrected chi connectivity index (χ2v) is 5.22. The van der Waals surface area contributed by atoms with Gasteiger partial charge < -0.3 is 11.5 Å². The second-order valence-electron chi connectivity index (χ2n) is 5.22. The molecule has 0 amide bonds. The lowest BCUT2D eigenvalue weighted by Gasteiger charge is -2.05. The van der Waals surface area contributed by atoms with E-state index >= 15 is 0 Å². The molecule has 0 bridgehead atoms. The first-order chi connectivity index (χ1) is 8.72. The van der Waals surface area contributed by atoms with Gasteiger partial charge in [0.1, 0.15) is 0 Å². The van der Waals surface area contributed by atoms with Gasteiger partial charge in [-0.25, -0.2) is 0 Å². The monoisotopic (exact) mass is 258 g/mol. The number of hydrogen-bond donors (Lipinski definition) is 2. The predicted octanol–water partition coefficient (Wildman–Crippen LogP) is 4.61. The molecule has 0 aliphatic rings. The van der Waals surface area contributed by atoms with Gasteiger partial charge in [0.15, 0.2) is 0 Å². The van der Waals surface area contributed by atoms with Crippen LogP contribution in [0.5, 0.6) is 0 Å². The molecule has 0 aromatic rings. The summed E-state index contributed by atoms with van der Waals surface area (Å²) in [6, 6.07) is 0.455. The average molecular weight is 258 g/mol. The Labute approximate surface area is 116 Å². The SMILES string of the molecule is CCCCCC(N)CC.CCCCCCCCN. The number of unbranched alkanes of at least 4 members (excludes halogenated alkanes) is 7. The van der Waals surface area contributed by atoms with Crippen molar-refractivity contribution in [1.82, 2.24) is 0 Å². The van der Waals surface area contributed by atoms with Crippen LogP contribution < -0.4 is 11.5 Å². The third-order valence-electron chi connectivity index (χ3n) is 3.26. The van der Waals surface area contributed by atoms with E-state index in [1.165, 1.54) is 64.2 Å². The van der Waals surface area contributed by atoms with Crippen molar-refractivity contribution >= 4 is 0 Å². The lowest BCUT2D eigenvalue weighted by atomic mass is 10.1. The van der Waals surface area contributed by atoms with Crippen LogP contribution in [0.2, 0.25) is 0 Å². The number of rotatable bonds is 11. The van der Waals surface area contributed by atoms with Gasteiger partial charge in [0.2, 0.25) is 0 Å². The highest BCUT2D eigenvalue weighted by Crippen LogP contribution is 2.03. The zero-order valence-electron chi connectivity index (χ0n) is 13.2. The van der Waals surface area contributed by atoms with Gasteiger partial charge in [-0.05, 0) is 25.8 Å². The minimum Gasteiger partial charge on any atom is -0.330 e. The summed E-state index contributed by atoms with van der Waals surface area (Å²) in [6.07, 6.45) is 14.3. The summed E-state index contributed by atoms with van der Waals surface area (Å²) in [7, 11) is 0. The second kappa shape index (κ2) is 19.3. The largest absolute Gasteiger partial charge is 0.330 e. The highest BCUT2D eigenvalue weighted by Gasteiger charge is 1.96. The maximum Gasteiger partial charge on any atom is 0.00362 e. The van der Waals surface area contributed by atoms with E-state index < -0.39 is 0 Å². The fraction of sp³-hybridized carbons (Fsp3) is 1.00. The molecule has 0 radical (unpaired) electrons. The quantitative estimate of drug-likeness (QED) is 0.532. The Balaban J connectivity index is 0. The van der Waals surface area contributed by atoms with E-state index in [1.807, 2.05) is 0 Å². The van der Waals surface area contributed by atoms with Gasteiger partial charge >= 0.3 is 0 Å². The van der Waals surface area contributed by atoms with E-state index in [-0.39, 0.29) is 0 Å². The van der Waals surface area contributed by atoms with Crippen LogP contribution in [-0.2, 0) is 0 Å². The molecule has 2 heteroatoms. The van der Waals surface area contributed by atoms with Gasteiger partial charge in [0, 0.05) is 6.04 Å². The molecule has 112 valence electrons. The van der Waals surface area contributed by atoms with Crippen LogP contribution in [0.3, 0.4) is 0 Å². The summed E-state index contributed by atoms with van der Waals surface area (Å²) in [5, 5.41) is 0. The molecule has 0 heterocycles. The number of nitrogens with two attached hydrogens (primary N) is 2. The van der Waals surface area contributed by atoms with Crippen molar-refractivity contribution in [2.24, 2.45) is 11.5 Å². The maximum atomic E-state index is 5.71. The topological polar surface area (TPSA) is 52.0 Å². The third kappa shape index (κ3) is 21.2. The Hall–Kier alpha value is -0.0800. The molecule has 18 heavy (non-hydrogen) atoms. The zero-order chi connectivity index (χ0) is 14.1. The predicted molar refractivity (Wildman–Crippen MR) is 84.8 cm³/mol. The molecule has 2 nitrogen and oxygen atoms in total. The van der Waals surface area contributed by atoms with Crippen LogP contribution in [0.15, 0.2) is 0 Å². The Bertz CT molecular complexity index is 120. The summed E-state index contributed by atoms with van der Waals surface area (Å²) in [5.74, 6) is 0. The first-order valence-electron chi connectivity index (χ1n) is 8.18. The minimum atomic E-state index is 0.455. The highest BCUT2D eigenvalue weighted by atomic mass is 14.6. The molecule has 1 atom stereocenters. The van der Waals surface area contributed by atoms with Gasteiger partial charge in [-0.2, -0.15) is 0 Å². The van der Waals surface area contributed by atoms with Gasteiger partial charge in [-0.3, -0.25) is 0 Å². The fourth-order valence-electron chi connectivity index (χ4n) is 1.79. The first-order valence-corrected chi connectivity index (χ1v) is 8.18. The van der Waals surface area contributed by atoms with E-state index in [1.54, 1.807) is 0 Å². The summed E-state index contributed by atoms with van der Waals surface area (Å²) in [5.41, 5.74) is 11.1. The molecular formula is C16H38N2. The molecule has 0 rings (SSSR count). The Morgan fingerprint density at radius 1 is 0.722 bits per heavy atom. The van der Waals surface area contributed by atoms with Crippen molar-refractivity contribution in [3.05, 3.63) is 0 Å². The lowest BCUT2D eigenvalue weighted by molar-refractivity contribution is 0.547. The molecule has 0 saturated carbocycles. The van der Waals surface area contributed by atoms with Crippen LogP contribution >= 0.6 is 0 Å². The first kappa shape index (κ1) is 20.2. The van der Waals surface area contributed by atoms with Crippen molar-refractivity contribution in [3.8, 4) is 0 Å². The van der Waals surface area contributed by atoms with Gasteiger partial charge in [-0.1, -0.05) is 72.1 Å². The molecule has 0 fully saturated rings. The summed E-state index contributed by atoms with van der Waals surface area (Å²) < 4.78 is 0. The van der Waals surface area contributed by atoms with E-state index in [0.29, 0.717) is 6.04 Å². The summed E-state index contributed by atoms with van der Waals surface area (Å²) >= 11 is 0. The molecular weight excluding hydrogens is 220 g/mol. The van der Waals surface area contributed by atoms with Crippen molar-refractivity contribution in [2.45, 2.75) is 97.4 Å². The van der Waals surface area contributed by atoms with Crippen molar-refractivity contribution in [1.29, 1.82) is 0 Å². The zero-order valence-corrected chi connectivity index (χ0v) is 13.2. The Kier molecular flexibility index (Phi) is 21.7. The van der Waals surface area contributed by atoms with E-state index in [4.69, 9.17) is 11.5 Å². The maximum absolute atomic E-state index is 5.71. The lowest BCUT2D eigenvalue weighted by Crippen LogP contribution is -2.17. The van der Waals surface area contributed by atoms with Crippen LogP contribution in [0, 0.1) is 0 Å². The Morgan fingerprint density at radius 2 is 1.22 bits per heavy atom. The molecule has 0 aliphatic heterocycles. The smallest absolute Gasteiger partial charge is 0.00362 e. The van der Waals surface area contributed by atoms with Crippen molar-refractivity contribution in [3.63, 3.8) is 0 Å². The van der Waals surface area contributed by atoms with Crippen LogP contribution in [0.4, 0.5) is 0 Å². The molecule has 4 N–H and O–H groups in total. The van der Waals surface area contributed by atoms with Gasteiger partial charge in [-0.15, -0.1) is 0 Å². The minimum absolute atomic E-state index is 0.455. The molecule has 0 aromatic heterocycles. The fourth-order valence-corrected chi connectivity index (χ4v) is 1.79. The normalized spacial score (nSPS) is 11.8. The van der Waals surface area contributed by atoms with E-state index in [2.05, 4.69) is 20.8 Å². The van der Waals surface area contributed by atoms with Gasteiger partial charge in [0.05, 0.1) is 0 Å². The van der Waals surface area contributed by atoms with E-state index in [0.717, 1.165) is 13.0 Å². The summed E-state index contributed by atoms with van der Waals surface area (Å²) in [6.45, 7) is 7.48. The molecule has 1 unspecified atom stereocenters. The molecule has 0 spiro atoms. The molecule has 0 aliphatic carbocycles. The van der Waals surface area contributed by atoms with Crippen LogP contribution in [0.25, 0.3) is 0 Å². The van der Waals surface area contributed by atoms with E-state index in [9.17, 15) is 0 Å². The van der Waals surface area contributed by atoms with Crippen LogP contribution in [0.1, 0.15) is 91.4 Å². The Morgan fingerprint density at radius 3 is 1.72 bits per heavy atom. The molecule has 0 aromatic carbocycles. The summed E-state index contributed by atoms with van der Waals surface area (Å²) in [4.78, 5) is 0. The third-order valence-corrected chi connectivity index (χ3v) is 3.26. The van der Waals surface area contributed by atoms with Crippen molar-refractivity contribution < 1.29 is 0 Å². The highest BCUT2D eigenvalue weighted by molar-refractivity contribution is 4.57. The van der Waals surface area contributed by atoms with Crippen molar-refractivity contribution in [2.75, 3.05) is 6.54 Å². The molecule has 0 saturated heterocycles. The van der Waals surface area contributed by atoms with Gasteiger partial charge in [0.25, 0.3) is 0 Å².